The number of pyridine rings is 1. The van der Waals surface area contributed by atoms with Gasteiger partial charge in [0.25, 0.3) is 0 Å². The summed E-state index contributed by atoms with van der Waals surface area (Å²) in [4.78, 5) is 32.5. The fraction of sp³-hybridized carbons (Fsp3) is 0.321. The van der Waals surface area contributed by atoms with E-state index in [0.29, 0.717) is 6.42 Å². The van der Waals surface area contributed by atoms with Crippen molar-refractivity contribution >= 4 is 12.0 Å². The Hall–Kier alpha value is -3.71. The summed E-state index contributed by atoms with van der Waals surface area (Å²) in [5.74, 6) is -0.186. The Morgan fingerprint density at radius 2 is 1.57 bits per heavy atom. The topological polar surface area (TPSA) is 83.6 Å². The number of likely N-dealkylation sites (tertiary alicyclic amines) is 1. The van der Waals surface area contributed by atoms with E-state index in [-0.39, 0.29) is 18.6 Å². The minimum absolute atomic E-state index is 0.0721. The molecular weight excluding hydrogens is 440 g/mol. The van der Waals surface area contributed by atoms with Crippen LogP contribution in [0.3, 0.4) is 0 Å². The molecule has 0 saturated carbocycles. The molecule has 7 heteroatoms. The molecule has 1 atom stereocenters. The Balaban J connectivity index is 1.30. The van der Waals surface area contributed by atoms with E-state index in [2.05, 4.69) is 20.5 Å². The second-order valence-electron chi connectivity index (χ2n) is 8.83. The van der Waals surface area contributed by atoms with Gasteiger partial charge in [-0.2, -0.15) is 0 Å². The molecule has 1 aliphatic heterocycles. The molecule has 3 aromatic rings. The Kier molecular flexibility index (Phi) is 8.84. The maximum atomic E-state index is 13.2. The van der Waals surface area contributed by atoms with Gasteiger partial charge in [-0.25, -0.2) is 4.79 Å². The molecule has 0 aliphatic carbocycles. The van der Waals surface area contributed by atoms with Crippen LogP contribution in [0.4, 0.5) is 4.79 Å². The minimum atomic E-state index is -0.716. The monoisotopic (exact) mass is 472 g/mol. The van der Waals surface area contributed by atoms with Crippen LogP contribution in [-0.2, 0) is 29.1 Å². The third-order valence-corrected chi connectivity index (χ3v) is 6.15. The number of aromatic nitrogens is 1. The SMILES string of the molecule is O=C(NC(Cc1ccccc1)C(=O)NC1CCN(Cc2ccccn2)CC1)OCc1ccccc1. The van der Waals surface area contributed by atoms with Crippen molar-refractivity contribution in [1.82, 2.24) is 20.5 Å². The maximum Gasteiger partial charge on any atom is 0.408 e. The fourth-order valence-corrected chi connectivity index (χ4v) is 4.22. The van der Waals surface area contributed by atoms with E-state index in [9.17, 15) is 9.59 Å². The molecule has 2 N–H and O–H groups in total. The largest absolute Gasteiger partial charge is 0.445 e. The molecule has 1 saturated heterocycles. The van der Waals surface area contributed by atoms with Crippen LogP contribution in [0.1, 0.15) is 29.7 Å². The summed E-state index contributed by atoms with van der Waals surface area (Å²) in [7, 11) is 0. The minimum Gasteiger partial charge on any atom is -0.445 e. The van der Waals surface area contributed by atoms with Crippen molar-refractivity contribution in [3.05, 3.63) is 102 Å². The van der Waals surface area contributed by atoms with Crippen LogP contribution in [0.5, 0.6) is 0 Å². The molecular formula is C28H32N4O3. The number of hydrogen-bond donors (Lipinski definition) is 2. The first kappa shape index (κ1) is 24.4. The van der Waals surface area contributed by atoms with E-state index in [1.54, 1.807) is 0 Å². The van der Waals surface area contributed by atoms with E-state index < -0.39 is 12.1 Å². The lowest BCUT2D eigenvalue weighted by atomic mass is 10.0. The summed E-state index contributed by atoms with van der Waals surface area (Å²) in [6.45, 7) is 2.74. The zero-order chi connectivity index (χ0) is 24.3. The number of ether oxygens (including phenoxy) is 1. The number of alkyl carbamates (subject to hydrolysis) is 1. The van der Waals surface area contributed by atoms with Gasteiger partial charge in [0, 0.05) is 38.3 Å². The molecule has 4 rings (SSSR count). The van der Waals surface area contributed by atoms with Crippen molar-refractivity contribution in [2.24, 2.45) is 0 Å². The van der Waals surface area contributed by atoms with E-state index in [1.165, 1.54) is 0 Å². The van der Waals surface area contributed by atoms with Crippen LogP contribution in [0.2, 0.25) is 0 Å². The highest BCUT2D eigenvalue weighted by Gasteiger charge is 2.26. The highest BCUT2D eigenvalue weighted by Crippen LogP contribution is 2.14. The fourth-order valence-electron chi connectivity index (χ4n) is 4.22. The zero-order valence-corrected chi connectivity index (χ0v) is 19.8. The number of piperidine rings is 1. The van der Waals surface area contributed by atoms with Gasteiger partial charge >= 0.3 is 6.09 Å². The second-order valence-corrected chi connectivity index (χ2v) is 8.83. The number of carbonyl (C=O) groups excluding carboxylic acids is 2. The summed E-state index contributed by atoms with van der Waals surface area (Å²) >= 11 is 0. The van der Waals surface area contributed by atoms with Gasteiger partial charge in [0.1, 0.15) is 12.6 Å². The standard InChI is InChI=1S/C28H32N4O3/c33-27(30-24-14-17-32(18-15-24)20-25-13-7-8-16-29-25)26(19-22-9-3-1-4-10-22)31-28(34)35-21-23-11-5-2-6-12-23/h1-13,16,24,26H,14-15,17-21H2,(H,30,33)(H,31,34). The van der Waals surface area contributed by atoms with Crippen LogP contribution in [0, 0.1) is 0 Å². The number of carbonyl (C=O) groups is 2. The zero-order valence-electron chi connectivity index (χ0n) is 19.8. The second kappa shape index (κ2) is 12.7. The third-order valence-electron chi connectivity index (χ3n) is 6.15. The number of nitrogens with one attached hydrogen (secondary N) is 2. The smallest absolute Gasteiger partial charge is 0.408 e. The van der Waals surface area contributed by atoms with Gasteiger partial charge in [-0.3, -0.25) is 14.7 Å². The number of benzene rings is 2. The van der Waals surface area contributed by atoms with Crippen molar-refractivity contribution < 1.29 is 14.3 Å². The predicted molar refractivity (Wildman–Crippen MR) is 134 cm³/mol. The molecule has 35 heavy (non-hydrogen) atoms. The van der Waals surface area contributed by atoms with E-state index in [0.717, 1.165) is 49.3 Å². The van der Waals surface area contributed by atoms with Gasteiger partial charge in [0.15, 0.2) is 0 Å². The molecule has 0 radical (unpaired) electrons. The normalized spacial score (nSPS) is 15.2. The van der Waals surface area contributed by atoms with Crippen LogP contribution in [0.25, 0.3) is 0 Å². The van der Waals surface area contributed by atoms with Crippen LogP contribution in [-0.4, -0.2) is 47.1 Å². The number of rotatable bonds is 9. The van der Waals surface area contributed by atoms with E-state index >= 15 is 0 Å². The van der Waals surface area contributed by atoms with Crippen molar-refractivity contribution in [2.45, 2.75) is 44.5 Å². The lowest BCUT2D eigenvalue weighted by molar-refractivity contribution is -0.124. The molecule has 1 aliphatic rings. The molecule has 0 bridgehead atoms. The predicted octanol–water partition coefficient (Wildman–Crippen LogP) is 3.70. The first-order valence-corrected chi connectivity index (χ1v) is 12.1. The quantitative estimate of drug-likeness (QED) is 0.496. The summed E-state index contributed by atoms with van der Waals surface area (Å²) in [6, 6.07) is 24.5. The first-order chi connectivity index (χ1) is 17.2. The van der Waals surface area contributed by atoms with Gasteiger partial charge < -0.3 is 15.4 Å². The van der Waals surface area contributed by atoms with Crippen molar-refractivity contribution in [1.29, 1.82) is 0 Å². The lowest BCUT2D eigenvalue weighted by Gasteiger charge is -2.33. The number of nitrogens with zero attached hydrogens (tertiary/aromatic N) is 2. The summed E-state index contributed by atoms with van der Waals surface area (Å²) in [5.41, 5.74) is 2.92. The van der Waals surface area contributed by atoms with Gasteiger partial charge in [-0.05, 0) is 36.1 Å². The Bertz CT molecular complexity index is 1060. The van der Waals surface area contributed by atoms with Gasteiger partial charge in [-0.15, -0.1) is 0 Å². The van der Waals surface area contributed by atoms with Crippen LogP contribution < -0.4 is 10.6 Å². The van der Waals surface area contributed by atoms with Crippen molar-refractivity contribution in [3.63, 3.8) is 0 Å². The molecule has 2 amide bonds. The Morgan fingerprint density at radius 1 is 0.914 bits per heavy atom. The molecule has 0 spiro atoms. The molecule has 1 aromatic heterocycles. The summed E-state index contributed by atoms with van der Waals surface area (Å²) in [6.07, 6.45) is 3.32. The highest BCUT2D eigenvalue weighted by atomic mass is 16.5. The average molecular weight is 473 g/mol. The molecule has 1 fully saturated rings. The van der Waals surface area contributed by atoms with E-state index in [1.807, 2.05) is 85.1 Å². The summed E-state index contributed by atoms with van der Waals surface area (Å²) in [5, 5.41) is 5.93. The van der Waals surface area contributed by atoms with Crippen LogP contribution >= 0.6 is 0 Å². The van der Waals surface area contributed by atoms with Gasteiger partial charge in [-0.1, -0.05) is 66.7 Å². The number of amides is 2. The molecule has 7 nitrogen and oxygen atoms in total. The first-order valence-electron chi connectivity index (χ1n) is 12.1. The van der Waals surface area contributed by atoms with Crippen molar-refractivity contribution in [3.8, 4) is 0 Å². The lowest BCUT2D eigenvalue weighted by Crippen LogP contribution is -2.53. The van der Waals surface area contributed by atoms with E-state index in [4.69, 9.17) is 4.74 Å². The Labute approximate surface area is 206 Å². The molecule has 2 aromatic carbocycles. The summed E-state index contributed by atoms with van der Waals surface area (Å²) < 4.78 is 5.36. The van der Waals surface area contributed by atoms with Crippen LogP contribution in [0.15, 0.2) is 85.1 Å². The van der Waals surface area contributed by atoms with Crippen molar-refractivity contribution in [2.75, 3.05) is 13.1 Å². The number of hydrogen-bond acceptors (Lipinski definition) is 5. The highest BCUT2D eigenvalue weighted by molar-refractivity contribution is 5.86. The molecule has 1 unspecified atom stereocenters. The van der Waals surface area contributed by atoms with Gasteiger partial charge in [0.05, 0.1) is 5.69 Å². The average Bonchev–Trinajstić information content (AvgIpc) is 2.90. The Morgan fingerprint density at radius 3 is 2.23 bits per heavy atom. The van der Waals surface area contributed by atoms with Gasteiger partial charge in [0.2, 0.25) is 5.91 Å². The molecule has 182 valence electrons. The maximum absolute atomic E-state index is 13.2. The molecule has 2 heterocycles. The third kappa shape index (κ3) is 7.93.